The summed E-state index contributed by atoms with van der Waals surface area (Å²) in [6.45, 7) is 1.04. The summed E-state index contributed by atoms with van der Waals surface area (Å²) in [4.78, 5) is 11.7. The molecule has 1 aromatic heterocycles. The third-order valence-electron chi connectivity index (χ3n) is 3.38. The zero-order chi connectivity index (χ0) is 13.5. The van der Waals surface area contributed by atoms with Crippen LogP contribution in [-0.4, -0.2) is 37.8 Å². The van der Waals surface area contributed by atoms with Crippen molar-refractivity contribution in [2.24, 2.45) is 0 Å². The highest BCUT2D eigenvalue weighted by Crippen LogP contribution is 2.24. The highest BCUT2D eigenvalue weighted by Gasteiger charge is 2.31. The van der Waals surface area contributed by atoms with Crippen LogP contribution in [0.1, 0.15) is 36.2 Å². The number of hydrogen-bond acceptors (Lipinski definition) is 4. The van der Waals surface area contributed by atoms with E-state index in [4.69, 9.17) is 4.42 Å². The van der Waals surface area contributed by atoms with Crippen molar-refractivity contribution in [3.63, 3.8) is 0 Å². The molecule has 19 heavy (non-hydrogen) atoms. The Bertz CT molecular complexity index is 583. The van der Waals surface area contributed by atoms with Gasteiger partial charge in [0, 0.05) is 19.1 Å². The van der Waals surface area contributed by atoms with Crippen LogP contribution in [0.15, 0.2) is 21.6 Å². The number of carbonyl (C=O) groups is 1. The van der Waals surface area contributed by atoms with Crippen molar-refractivity contribution in [2.45, 2.75) is 36.8 Å². The first-order chi connectivity index (χ1) is 9.07. The van der Waals surface area contributed by atoms with Crippen molar-refractivity contribution < 1.29 is 17.6 Å². The lowest BCUT2D eigenvalue weighted by Gasteiger charge is -2.12. The number of nitrogens with zero attached hydrogens (tertiary/aromatic N) is 1. The van der Waals surface area contributed by atoms with Crippen molar-refractivity contribution in [1.82, 2.24) is 9.62 Å². The molecular weight excluding hydrogens is 268 g/mol. The number of hydrogen-bond donors (Lipinski definition) is 1. The number of furan rings is 1. The number of amides is 1. The molecule has 1 saturated carbocycles. The Morgan fingerprint density at radius 3 is 2.58 bits per heavy atom. The Labute approximate surface area is 111 Å². The minimum absolute atomic E-state index is 0.0599. The first-order valence-corrected chi connectivity index (χ1v) is 7.92. The van der Waals surface area contributed by atoms with Crippen molar-refractivity contribution in [1.29, 1.82) is 0 Å². The SMILES string of the molecule is O=C(NC1CC1)c1ccc(S(=O)(=O)N2CCCC2)o1. The van der Waals surface area contributed by atoms with Gasteiger partial charge in [0.2, 0.25) is 5.09 Å². The van der Waals surface area contributed by atoms with Crippen molar-refractivity contribution in [3.05, 3.63) is 17.9 Å². The number of sulfonamides is 1. The topological polar surface area (TPSA) is 79.6 Å². The Hall–Kier alpha value is -1.34. The Morgan fingerprint density at radius 1 is 1.26 bits per heavy atom. The van der Waals surface area contributed by atoms with Crippen LogP contribution < -0.4 is 5.32 Å². The van der Waals surface area contributed by atoms with Crippen molar-refractivity contribution in [3.8, 4) is 0 Å². The van der Waals surface area contributed by atoms with E-state index in [0.717, 1.165) is 25.7 Å². The normalized spacial score (nSPS) is 20.6. The summed E-state index contributed by atoms with van der Waals surface area (Å²) in [5, 5.41) is 2.62. The Morgan fingerprint density at radius 2 is 1.95 bits per heavy atom. The van der Waals surface area contributed by atoms with E-state index in [2.05, 4.69) is 5.32 Å². The predicted molar refractivity (Wildman–Crippen MR) is 67.2 cm³/mol. The third-order valence-corrected chi connectivity index (χ3v) is 5.15. The highest BCUT2D eigenvalue weighted by molar-refractivity contribution is 7.89. The molecule has 2 aliphatic rings. The summed E-state index contributed by atoms with van der Waals surface area (Å²) in [6, 6.07) is 2.99. The summed E-state index contributed by atoms with van der Waals surface area (Å²) in [6.07, 6.45) is 3.70. The molecule has 1 aliphatic heterocycles. The molecule has 1 aliphatic carbocycles. The quantitative estimate of drug-likeness (QED) is 0.893. The lowest BCUT2D eigenvalue weighted by Crippen LogP contribution is -2.27. The Kier molecular flexibility index (Phi) is 3.10. The van der Waals surface area contributed by atoms with Crippen LogP contribution in [0.5, 0.6) is 0 Å². The highest BCUT2D eigenvalue weighted by atomic mass is 32.2. The molecule has 3 rings (SSSR count). The monoisotopic (exact) mass is 284 g/mol. The van der Waals surface area contributed by atoms with Crippen LogP contribution in [0.4, 0.5) is 0 Å². The van der Waals surface area contributed by atoms with Crippen LogP contribution in [0.3, 0.4) is 0 Å². The summed E-state index contributed by atoms with van der Waals surface area (Å²) in [5.74, 6) is -0.282. The van der Waals surface area contributed by atoms with Gasteiger partial charge in [0.05, 0.1) is 0 Å². The van der Waals surface area contributed by atoms with Crippen LogP contribution in [0.25, 0.3) is 0 Å². The molecule has 0 radical (unpaired) electrons. The molecule has 1 saturated heterocycles. The summed E-state index contributed by atoms with van der Waals surface area (Å²) >= 11 is 0. The maximum atomic E-state index is 12.2. The van der Waals surface area contributed by atoms with E-state index in [1.54, 1.807) is 0 Å². The second-order valence-electron chi connectivity index (χ2n) is 4.98. The van der Waals surface area contributed by atoms with E-state index in [9.17, 15) is 13.2 Å². The van der Waals surface area contributed by atoms with Gasteiger partial charge in [-0.05, 0) is 37.8 Å². The van der Waals surface area contributed by atoms with E-state index in [0.29, 0.717) is 13.1 Å². The summed E-state index contributed by atoms with van der Waals surface area (Å²) in [7, 11) is -3.58. The molecule has 0 aromatic carbocycles. The van der Waals surface area contributed by atoms with Crippen molar-refractivity contribution >= 4 is 15.9 Å². The van der Waals surface area contributed by atoms with Gasteiger partial charge in [-0.2, -0.15) is 4.31 Å². The fourth-order valence-electron chi connectivity index (χ4n) is 2.12. The standard InChI is InChI=1S/C12H16N2O4S/c15-12(13-9-3-4-9)10-5-6-11(18-10)19(16,17)14-7-1-2-8-14/h5-6,9H,1-4,7-8H2,(H,13,15). The van der Waals surface area contributed by atoms with Crippen LogP contribution in [0.2, 0.25) is 0 Å². The van der Waals surface area contributed by atoms with Gasteiger partial charge in [-0.25, -0.2) is 8.42 Å². The van der Waals surface area contributed by atoms with E-state index >= 15 is 0 Å². The van der Waals surface area contributed by atoms with Crippen LogP contribution in [0, 0.1) is 0 Å². The number of carbonyl (C=O) groups excluding carboxylic acids is 1. The fourth-order valence-corrected chi connectivity index (χ4v) is 3.55. The van der Waals surface area contributed by atoms with Crippen molar-refractivity contribution in [2.75, 3.05) is 13.1 Å². The molecule has 0 spiro atoms. The van der Waals surface area contributed by atoms with Gasteiger partial charge in [0.15, 0.2) is 5.76 Å². The molecule has 104 valence electrons. The lowest BCUT2D eigenvalue weighted by atomic mass is 10.4. The zero-order valence-electron chi connectivity index (χ0n) is 10.5. The predicted octanol–water partition coefficient (Wildman–Crippen LogP) is 0.956. The molecule has 2 heterocycles. The third kappa shape index (κ3) is 2.52. The lowest BCUT2D eigenvalue weighted by molar-refractivity contribution is 0.0918. The molecule has 1 N–H and O–H groups in total. The molecule has 7 heteroatoms. The largest absolute Gasteiger partial charge is 0.438 e. The summed E-state index contributed by atoms with van der Waals surface area (Å²) in [5.41, 5.74) is 0. The molecule has 0 bridgehead atoms. The first kappa shape index (κ1) is 12.7. The van der Waals surface area contributed by atoms with Gasteiger partial charge < -0.3 is 9.73 Å². The molecule has 2 fully saturated rings. The van der Waals surface area contributed by atoms with E-state index in [1.165, 1.54) is 16.4 Å². The van der Waals surface area contributed by atoms with E-state index < -0.39 is 10.0 Å². The molecular formula is C12H16N2O4S. The maximum Gasteiger partial charge on any atom is 0.287 e. The number of nitrogens with one attached hydrogen (secondary N) is 1. The smallest absolute Gasteiger partial charge is 0.287 e. The molecule has 0 atom stereocenters. The van der Waals surface area contributed by atoms with Gasteiger partial charge >= 0.3 is 0 Å². The molecule has 0 unspecified atom stereocenters. The molecule has 1 aromatic rings. The van der Waals surface area contributed by atoms with Gasteiger partial charge in [-0.3, -0.25) is 4.79 Å². The average molecular weight is 284 g/mol. The van der Waals surface area contributed by atoms with Gasteiger partial charge in [0.1, 0.15) is 0 Å². The van der Waals surface area contributed by atoms with E-state index in [-0.39, 0.29) is 22.8 Å². The van der Waals surface area contributed by atoms with E-state index in [1.807, 2.05) is 0 Å². The van der Waals surface area contributed by atoms with Crippen LogP contribution in [-0.2, 0) is 10.0 Å². The second-order valence-corrected chi connectivity index (χ2v) is 6.85. The molecule has 6 nitrogen and oxygen atoms in total. The zero-order valence-corrected chi connectivity index (χ0v) is 11.3. The minimum atomic E-state index is -3.58. The first-order valence-electron chi connectivity index (χ1n) is 6.48. The Balaban J connectivity index is 1.77. The summed E-state index contributed by atoms with van der Waals surface area (Å²) < 4.78 is 31.0. The van der Waals surface area contributed by atoms with Gasteiger partial charge in [-0.15, -0.1) is 0 Å². The molecule has 1 amide bonds. The minimum Gasteiger partial charge on any atom is -0.438 e. The average Bonchev–Trinajstić information content (AvgIpc) is 2.93. The second kappa shape index (κ2) is 4.64. The fraction of sp³-hybridized carbons (Fsp3) is 0.583. The van der Waals surface area contributed by atoms with Crippen LogP contribution >= 0.6 is 0 Å². The number of rotatable bonds is 4. The van der Waals surface area contributed by atoms with Gasteiger partial charge in [0.25, 0.3) is 15.9 Å². The maximum absolute atomic E-state index is 12.2. The van der Waals surface area contributed by atoms with Gasteiger partial charge in [-0.1, -0.05) is 0 Å².